The summed E-state index contributed by atoms with van der Waals surface area (Å²) in [5, 5.41) is 6.82. The Labute approximate surface area is 154 Å². The number of hydrogen-bond donors (Lipinski definition) is 1. The van der Waals surface area contributed by atoms with Crippen LogP contribution in [-0.4, -0.2) is 28.6 Å². The first-order valence-corrected chi connectivity index (χ1v) is 8.31. The third kappa shape index (κ3) is 6.03. The van der Waals surface area contributed by atoms with Crippen LogP contribution in [0.2, 0.25) is 10.0 Å². The second kappa shape index (κ2) is 8.82. The van der Waals surface area contributed by atoms with E-state index in [-0.39, 0.29) is 29.6 Å². The van der Waals surface area contributed by atoms with Crippen molar-refractivity contribution in [2.24, 2.45) is 5.92 Å². The molecule has 0 aliphatic heterocycles. The lowest BCUT2D eigenvalue weighted by Crippen LogP contribution is -2.30. The molecule has 0 radical (unpaired) electrons. The minimum Gasteiger partial charge on any atom is -0.454 e. The van der Waals surface area contributed by atoms with Gasteiger partial charge < -0.3 is 14.6 Å². The van der Waals surface area contributed by atoms with Crippen LogP contribution in [0.4, 0.5) is 0 Å². The zero-order valence-electron chi connectivity index (χ0n) is 13.7. The molecule has 0 fully saturated rings. The van der Waals surface area contributed by atoms with Crippen LogP contribution in [0.3, 0.4) is 0 Å². The first kappa shape index (κ1) is 19.2. The Morgan fingerprint density at radius 1 is 1.28 bits per heavy atom. The summed E-state index contributed by atoms with van der Waals surface area (Å²) in [7, 11) is 0. The molecule has 0 saturated heterocycles. The van der Waals surface area contributed by atoms with Crippen LogP contribution in [0.15, 0.2) is 22.7 Å². The lowest BCUT2D eigenvalue weighted by molar-refractivity contribution is -0.144. The molecule has 1 aromatic heterocycles. The molecule has 1 N–H and O–H groups in total. The molecule has 1 amide bonds. The number of carbonyl (C=O) groups is 2. The molecule has 134 valence electrons. The molecular weight excluding hydrogens is 369 g/mol. The summed E-state index contributed by atoms with van der Waals surface area (Å²) in [6.07, 6.45) is 0.678. The van der Waals surface area contributed by atoms with Gasteiger partial charge in [-0.3, -0.25) is 9.59 Å². The molecule has 0 bridgehead atoms. The molecule has 0 aliphatic carbocycles. The number of halogens is 2. The predicted octanol–water partition coefficient (Wildman–Crippen LogP) is 3.05. The molecule has 0 saturated carbocycles. The summed E-state index contributed by atoms with van der Waals surface area (Å²) < 4.78 is 9.96. The quantitative estimate of drug-likeness (QED) is 0.735. The highest BCUT2D eigenvalue weighted by molar-refractivity contribution is 6.42. The normalized spacial score (nSPS) is 10.8. The lowest BCUT2D eigenvalue weighted by atomic mass is 10.1. The summed E-state index contributed by atoms with van der Waals surface area (Å²) in [5.74, 6) is 0.0721. The minimum atomic E-state index is -0.628. The van der Waals surface area contributed by atoms with E-state index in [1.165, 1.54) is 18.2 Å². The van der Waals surface area contributed by atoms with Crippen LogP contribution in [0.25, 0.3) is 0 Å². The molecule has 2 aromatic rings. The van der Waals surface area contributed by atoms with Crippen molar-refractivity contribution in [3.05, 3.63) is 45.5 Å². The number of esters is 1. The van der Waals surface area contributed by atoms with Gasteiger partial charge in [0.05, 0.1) is 10.0 Å². The van der Waals surface area contributed by atoms with E-state index >= 15 is 0 Å². The number of ether oxygens (including phenoxy) is 1. The summed E-state index contributed by atoms with van der Waals surface area (Å²) >= 11 is 11.6. The summed E-state index contributed by atoms with van der Waals surface area (Å²) in [4.78, 5) is 27.7. The number of aromatic nitrogens is 2. The number of nitrogens with zero attached hydrogens (tertiary/aromatic N) is 2. The molecule has 0 spiro atoms. The zero-order valence-corrected chi connectivity index (χ0v) is 15.2. The van der Waals surface area contributed by atoms with Crippen molar-refractivity contribution in [2.45, 2.75) is 26.9 Å². The van der Waals surface area contributed by atoms with Gasteiger partial charge in [-0.05, 0) is 24.1 Å². The van der Waals surface area contributed by atoms with E-state index in [1.54, 1.807) is 0 Å². The van der Waals surface area contributed by atoms with E-state index in [4.69, 9.17) is 32.5 Å². The van der Waals surface area contributed by atoms with Crippen molar-refractivity contribution < 1.29 is 18.8 Å². The fourth-order valence-corrected chi connectivity index (χ4v) is 2.18. The first-order valence-electron chi connectivity index (χ1n) is 7.55. The number of rotatable bonds is 7. The van der Waals surface area contributed by atoms with Gasteiger partial charge in [-0.1, -0.05) is 42.2 Å². The monoisotopic (exact) mass is 385 g/mol. The highest BCUT2D eigenvalue weighted by Crippen LogP contribution is 2.22. The third-order valence-electron chi connectivity index (χ3n) is 3.03. The molecule has 1 heterocycles. The predicted molar refractivity (Wildman–Crippen MR) is 91.4 cm³/mol. The van der Waals surface area contributed by atoms with Crippen LogP contribution in [0, 0.1) is 5.92 Å². The Kier molecular flexibility index (Phi) is 6.78. The Balaban J connectivity index is 1.77. The maximum absolute atomic E-state index is 11.9. The summed E-state index contributed by atoms with van der Waals surface area (Å²) in [5.41, 5.74) is 0.289. The van der Waals surface area contributed by atoms with Crippen LogP contribution < -0.4 is 5.32 Å². The lowest BCUT2D eigenvalue weighted by Gasteiger charge is -2.06. The highest BCUT2D eigenvalue weighted by Gasteiger charge is 2.13. The number of carbonyl (C=O) groups excluding carboxylic acids is 2. The van der Waals surface area contributed by atoms with Gasteiger partial charge >= 0.3 is 5.97 Å². The fourth-order valence-electron chi connectivity index (χ4n) is 1.88. The van der Waals surface area contributed by atoms with Crippen molar-refractivity contribution >= 4 is 35.1 Å². The van der Waals surface area contributed by atoms with Crippen molar-refractivity contribution in [3.63, 3.8) is 0 Å². The minimum absolute atomic E-state index is 0.146. The molecule has 0 aliphatic rings. The van der Waals surface area contributed by atoms with Gasteiger partial charge in [0, 0.05) is 12.0 Å². The third-order valence-corrected chi connectivity index (χ3v) is 3.77. The Morgan fingerprint density at radius 3 is 2.72 bits per heavy atom. The van der Waals surface area contributed by atoms with Gasteiger partial charge in [0.1, 0.15) is 6.54 Å². The Bertz CT molecular complexity index is 762. The molecule has 2 rings (SSSR count). The van der Waals surface area contributed by atoms with Gasteiger partial charge in [-0.2, -0.15) is 4.98 Å². The largest absolute Gasteiger partial charge is 0.454 e. The van der Waals surface area contributed by atoms with E-state index in [0.717, 1.165) is 0 Å². The van der Waals surface area contributed by atoms with Crippen LogP contribution in [-0.2, 0) is 22.6 Å². The second-order valence-electron chi connectivity index (χ2n) is 5.67. The van der Waals surface area contributed by atoms with E-state index in [2.05, 4.69) is 15.5 Å². The van der Waals surface area contributed by atoms with Crippen molar-refractivity contribution in [3.8, 4) is 0 Å². The zero-order chi connectivity index (χ0) is 18.4. The second-order valence-corrected chi connectivity index (χ2v) is 6.49. The molecule has 25 heavy (non-hydrogen) atoms. The number of benzene rings is 1. The molecule has 7 nitrogen and oxygen atoms in total. The van der Waals surface area contributed by atoms with E-state index in [1.807, 2.05) is 13.8 Å². The van der Waals surface area contributed by atoms with E-state index < -0.39 is 11.9 Å². The molecular formula is C16H17Cl2N3O4. The fraction of sp³-hybridized carbons (Fsp3) is 0.375. The van der Waals surface area contributed by atoms with E-state index in [9.17, 15) is 9.59 Å². The number of nitrogens with one attached hydrogen (secondary N) is 1. The summed E-state index contributed by atoms with van der Waals surface area (Å²) in [6.45, 7) is 3.62. The van der Waals surface area contributed by atoms with Crippen LogP contribution >= 0.6 is 23.2 Å². The van der Waals surface area contributed by atoms with Crippen molar-refractivity contribution in [1.82, 2.24) is 15.5 Å². The average Bonchev–Trinajstić information content (AvgIpc) is 2.99. The maximum atomic E-state index is 11.9. The Morgan fingerprint density at radius 2 is 2.04 bits per heavy atom. The molecule has 0 atom stereocenters. The van der Waals surface area contributed by atoms with Gasteiger partial charge in [0.25, 0.3) is 11.8 Å². The smallest absolute Gasteiger partial charge is 0.325 e. The van der Waals surface area contributed by atoms with E-state index in [0.29, 0.717) is 23.2 Å². The molecule has 1 aromatic carbocycles. The number of amides is 1. The topological polar surface area (TPSA) is 94.3 Å². The summed E-state index contributed by atoms with van der Waals surface area (Å²) in [6, 6.07) is 4.42. The van der Waals surface area contributed by atoms with Gasteiger partial charge in [0.2, 0.25) is 0 Å². The van der Waals surface area contributed by atoms with Crippen LogP contribution in [0.5, 0.6) is 0 Å². The van der Waals surface area contributed by atoms with Gasteiger partial charge in [-0.15, -0.1) is 0 Å². The average molecular weight is 386 g/mol. The van der Waals surface area contributed by atoms with Gasteiger partial charge in [-0.25, -0.2) is 0 Å². The highest BCUT2D eigenvalue weighted by atomic mass is 35.5. The molecule has 0 unspecified atom stereocenters. The Hall–Kier alpha value is -2.12. The number of hydrogen-bond acceptors (Lipinski definition) is 6. The SMILES string of the molecule is CC(C)Cc1noc(COC(=O)CNC(=O)c2ccc(Cl)c(Cl)c2)n1. The maximum Gasteiger partial charge on any atom is 0.325 e. The van der Waals surface area contributed by atoms with Crippen molar-refractivity contribution in [1.29, 1.82) is 0 Å². The van der Waals surface area contributed by atoms with Crippen LogP contribution in [0.1, 0.15) is 35.9 Å². The molecule has 9 heteroatoms. The first-order chi connectivity index (χ1) is 11.8. The van der Waals surface area contributed by atoms with Crippen molar-refractivity contribution in [2.75, 3.05) is 6.54 Å². The standard InChI is InChI=1S/C16H17Cl2N3O4/c1-9(2)5-13-20-14(25-21-13)8-24-15(22)7-19-16(23)10-3-4-11(17)12(18)6-10/h3-4,6,9H,5,7-8H2,1-2H3,(H,19,23). The van der Waals surface area contributed by atoms with Gasteiger partial charge in [0.15, 0.2) is 12.4 Å².